The minimum absolute atomic E-state index is 0.942. The Hall–Kier alpha value is -1.44. The van der Waals surface area contributed by atoms with Crippen molar-refractivity contribution in [2.45, 2.75) is 0 Å². The largest absolute Gasteiger partial charge is 0.236 e. The highest BCUT2D eigenvalue weighted by atomic mass is 14.8. The fourth-order valence-corrected chi connectivity index (χ4v) is 0.870. The number of benzene rings is 1. The SMILES string of the molecule is [c]1ncnc2ccccc12. The predicted molar refractivity (Wildman–Crippen MR) is 38.4 cm³/mol. The van der Waals surface area contributed by atoms with Crippen LogP contribution in [0.5, 0.6) is 0 Å². The lowest BCUT2D eigenvalue weighted by Gasteiger charge is -1.90. The fourth-order valence-electron chi connectivity index (χ4n) is 0.870. The molecule has 1 heterocycles. The lowest BCUT2D eigenvalue weighted by atomic mass is 10.2. The number of para-hydroxylation sites is 1. The van der Waals surface area contributed by atoms with Gasteiger partial charge in [0.15, 0.2) is 0 Å². The number of hydrogen-bond acceptors (Lipinski definition) is 2. The van der Waals surface area contributed by atoms with Crippen LogP contribution in [0.15, 0.2) is 30.6 Å². The predicted octanol–water partition coefficient (Wildman–Crippen LogP) is 1.43. The van der Waals surface area contributed by atoms with Gasteiger partial charge in [-0.25, -0.2) is 9.97 Å². The Morgan fingerprint density at radius 3 is 3.00 bits per heavy atom. The third kappa shape index (κ3) is 0.739. The second kappa shape index (κ2) is 2.06. The van der Waals surface area contributed by atoms with Crippen molar-refractivity contribution in [1.29, 1.82) is 0 Å². The van der Waals surface area contributed by atoms with E-state index in [0.29, 0.717) is 0 Å². The Morgan fingerprint density at radius 2 is 2.10 bits per heavy atom. The van der Waals surface area contributed by atoms with Crippen molar-refractivity contribution in [2.24, 2.45) is 0 Å². The van der Waals surface area contributed by atoms with Crippen molar-refractivity contribution in [3.05, 3.63) is 36.8 Å². The summed E-state index contributed by atoms with van der Waals surface area (Å²) < 4.78 is 0. The molecule has 0 unspecified atom stereocenters. The molecule has 1 radical (unpaired) electrons. The van der Waals surface area contributed by atoms with Gasteiger partial charge in [-0.1, -0.05) is 18.2 Å². The van der Waals surface area contributed by atoms with E-state index in [-0.39, 0.29) is 0 Å². The van der Waals surface area contributed by atoms with Crippen LogP contribution in [0.1, 0.15) is 0 Å². The van der Waals surface area contributed by atoms with E-state index in [1.165, 1.54) is 6.33 Å². The molecule has 0 aliphatic rings. The van der Waals surface area contributed by atoms with E-state index in [1.54, 1.807) is 0 Å². The molecular formula is C8H5N2. The van der Waals surface area contributed by atoms with Crippen molar-refractivity contribution in [3.8, 4) is 0 Å². The monoisotopic (exact) mass is 129 g/mol. The van der Waals surface area contributed by atoms with Crippen LogP contribution in [0, 0.1) is 6.20 Å². The number of fused-ring (bicyclic) bond motifs is 1. The van der Waals surface area contributed by atoms with Crippen LogP contribution in [0.2, 0.25) is 0 Å². The molecule has 0 N–H and O–H groups in total. The highest BCUT2D eigenvalue weighted by Crippen LogP contribution is 2.05. The van der Waals surface area contributed by atoms with Gasteiger partial charge in [0.2, 0.25) is 0 Å². The minimum atomic E-state index is 0.942. The first kappa shape index (κ1) is 5.35. The van der Waals surface area contributed by atoms with Gasteiger partial charge < -0.3 is 0 Å². The summed E-state index contributed by atoms with van der Waals surface area (Å²) >= 11 is 0. The number of hydrogen-bond donors (Lipinski definition) is 0. The van der Waals surface area contributed by atoms with Gasteiger partial charge in [0.05, 0.1) is 5.52 Å². The van der Waals surface area contributed by atoms with Crippen LogP contribution in [0.25, 0.3) is 10.9 Å². The summed E-state index contributed by atoms with van der Waals surface area (Å²) in [5.41, 5.74) is 0.942. The van der Waals surface area contributed by atoms with Crippen molar-refractivity contribution < 1.29 is 0 Å². The summed E-state index contributed by atoms with van der Waals surface area (Å²) in [5, 5.41) is 0.963. The molecule has 1 aromatic heterocycles. The Balaban J connectivity index is 2.89. The number of nitrogens with zero attached hydrogens (tertiary/aromatic N) is 2. The van der Waals surface area contributed by atoms with Gasteiger partial charge in [-0.05, 0) is 6.07 Å². The van der Waals surface area contributed by atoms with Gasteiger partial charge in [0.25, 0.3) is 0 Å². The van der Waals surface area contributed by atoms with E-state index in [2.05, 4.69) is 16.2 Å². The average molecular weight is 129 g/mol. The molecule has 2 aromatic rings. The van der Waals surface area contributed by atoms with Crippen LogP contribution >= 0.6 is 0 Å². The fraction of sp³-hybridized carbons (Fsp3) is 0. The molecule has 2 heteroatoms. The third-order valence-corrected chi connectivity index (χ3v) is 1.34. The maximum absolute atomic E-state index is 4.04. The Labute approximate surface area is 58.6 Å². The van der Waals surface area contributed by atoms with Crippen LogP contribution in [0.3, 0.4) is 0 Å². The first-order valence-electron chi connectivity index (χ1n) is 3.04. The lowest BCUT2D eigenvalue weighted by Crippen LogP contribution is -1.78. The van der Waals surface area contributed by atoms with Crippen molar-refractivity contribution in [3.63, 3.8) is 0 Å². The van der Waals surface area contributed by atoms with E-state index in [0.717, 1.165) is 10.9 Å². The molecule has 0 fully saturated rings. The zero-order chi connectivity index (χ0) is 6.81. The summed E-state index contributed by atoms with van der Waals surface area (Å²) in [7, 11) is 0. The number of rotatable bonds is 0. The second-order valence-corrected chi connectivity index (χ2v) is 2.00. The van der Waals surface area contributed by atoms with Crippen LogP contribution in [0.4, 0.5) is 0 Å². The highest BCUT2D eigenvalue weighted by molar-refractivity contribution is 5.76. The molecule has 2 nitrogen and oxygen atoms in total. The molecule has 47 valence electrons. The molecule has 0 aliphatic heterocycles. The zero-order valence-corrected chi connectivity index (χ0v) is 5.28. The Kier molecular flexibility index (Phi) is 1.10. The van der Waals surface area contributed by atoms with Gasteiger partial charge in [-0.3, -0.25) is 0 Å². The standard InChI is InChI=1S/C8H5N2/c1-2-4-8-7(3-1)5-9-6-10-8/h1-4,6H. The summed E-state index contributed by atoms with van der Waals surface area (Å²) in [5.74, 6) is 0. The molecular weight excluding hydrogens is 124 g/mol. The molecule has 0 atom stereocenters. The molecule has 0 bridgehead atoms. The quantitative estimate of drug-likeness (QED) is 0.537. The summed E-state index contributed by atoms with van der Waals surface area (Å²) in [6.45, 7) is 0. The molecule has 2 rings (SSSR count). The van der Waals surface area contributed by atoms with Gasteiger partial charge in [0.1, 0.15) is 12.5 Å². The van der Waals surface area contributed by atoms with Crippen molar-refractivity contribution in [1.82, 2.24) is 9.97 Å². The first-order chi connectivity index (χ1) is 4.97. The highest BCUT2D eigenvalue weighted by Gasteiger charge is 1.88. The Bertz CT molecular complexity index is 278. The topological polar surface area (TPSA) is 25.8 Å². The normalized spacial score (nSPS) is 10.0. The van der Waals surface area contributed by atoms with E-state index in [1.807, 2.05) is 24.3 Å². The van der Waals surface area contributed by atoms with Gasteiger partial charge >= 0.3 is 0 Å². The maximum atomic E-state index is 4.04. The van der Waals surface area contributed by atoms with Crippen molar-refractivity contribution in [2.75, 3.05) is 0 Å². The summed E-state index contributed by atoms with van der Waals surface area (Å²) in [4.78, 5) is 7.82. The molecule has 1 aromatic carbocycles. The molecule has 0 saturated heterocycles. The molecule has 0 saturated carbocycles. The Morgan fingerprint density at radius 1 is 1.20 bits per heavy atom. The smallest absolute Gasteiger partial charge is 0.116 e. The minimum Gasteiger partial charge on any atom is -0.236 e. The number of aromatic nitrogens is 2. The van der Waals surface area contributed by atoms with Gasteiger partial charge in [-0.15, -0.1) is 0 Å². The lowest BCUT2D eigenvalue weighted by molar-refractivity contribution is 1.21. The van der Waals surface area contributed by atoms with Crippen LogP contribution in [-0.4, -0.2) is 9.97 Å². The van der Waals surface area contributed by atoms with Gasteiger partial charge in [-0.2, -0.15) is 0 Å². The van der Waals surface area contributed by atoms with E-state index in [9.17, 15) is 0 Å². The molecule has 0 aliphatic carbocycles. The van der Waals surface area contributed by atoms with E-state index in [4.69, 9.17) is 0 Å². The van der Waals surface area contributed by atoms with Crippen LogP contribution in [-0.2, 0) is 0 Å². The van der Waals surface area contributed by atoms with Gasteiger partial charge in [0, 0.05) is 5.39 Å². The average Bonchev–Trinajstić information content (AvgIpc) is 2.05. The second-order valence-electron chi connectivity index (χ2n) is 2.00. The molecule has 0 amide bonds. The third-order valence-electron chi connectivity index (χ3n) is 1.34. The zero-order valence-electron chi connectivity index (χ0n) is 5.28. The first-order valence-corrected chi connectivity index (χ1v) is 3.04. The van der Waals surface area contributed by atoms with Crippen molar-refractivity contribution >= 4 is 10.9 Å². The molecule has 0 spiro atoms. The van der Waals surface area contributed by atoms with E-state index < -0.39 is 0 Å². The maximum Gasteiger partial charge on any atom is 0.116 e. The molecule has 10 heavy (non-hydrogen) atoms. The van der Waals surface area contributed by atoms with E-state index >= 15 is 0 Å². The summed E-state index contributed by atoms with van der Waals surface area (Å²) in [6.07, 6.45) is 4.34. The summed E-state index contributed by atoms with van der Waals surface area (Å²) in [6, 6.07) is 7.77. The van der Waals surface area contributed by atoms with Crippen LogP contribution < -0.4 is 0 Å².